The van der Waals surface area contributed by atoms with Crippen LogP contribution < -0.4 is 0 Å². The third-order valence-electron chi connectivity index (χ3n) is 3.38. The van der Waals surface area contributed by atoms with E-state index in [4.69, 9.17) is 14.6 Å². The first-order valence-corrected chi connectivity index (χ1v) is 6.54. The summed E-state index contributed by atoms with van der Waals surface area (Å²) in [6.45, 7) is 1.41. The summed E-state index contributed by atoms with van der Waals surface area (Å²) in [5.74, 6) is 0.634. The van der Waals surface area contributed by atoms with Crippen molar-refractivity contribution in [3.63, 3.8) is 0 Å². The number of ether oxygens (including phenoxy) is 2. The predicted octanol–water partition coefficient (Wildman–Crippen LogP) is 1.75. The Bertz CT molecular complexity index is 209. The second kappa shape index (κ2) is 8.48. The van der Waals surface area contributed by atoms with Gasteiger partial charge in [-0.2, -0.15) is 0 Å². The molecule has 4 heteroatoms. The quantitative estimate of drug-likeness (QED) is 0.547. The highest BCUT2D eigenvalue weighted by Gasteiger charge is 2.27. The maximum absolute atomic E-state index is 11.7. The van der Waals surface area contributed by atoms with Crippen molar-refractivity contribution in [1.29, 1.82) is 0 Å². The second-order valence-corrected chi connectivity index (χ2v) is 4.77. The molecule has 0 atom stereocenters. The van der Waals surface area contributed by atoms with Crippen LogP contribution in [-0.2, 0) is 14.3 Å². The van der Waals surface area contributed by atoms with E-state index >= 15 is 0 Å². The third-order valence-corrected chi connectivity index (χ3v) is 3.38. The van der Waals surface area contributed by atoms with Crippen LogP contribution in [0.4, 0.5) is 0 Å². The van der Waals surface area contributed by atoms with Crippen molar-refractivity contribution >= 4 is 5.97 Å². The summed E-state index contributed by atoms with van der Waals surface area (Å²) in [6.07, 6.45) is 5.42. The maximum atomic E-state index is 11.7. The Kier molecular flexibility index (Phi) is 7.21. The molecule has 1 aliphatic rings. The molecule has 1 aliphatic carbocycles. The Balaban J connectivity index is 2.12. The molecule has 0 aromatic rings. The molecule has 0 radical (unpaired) electrons. The van der Waals surface area contributed by atoms with Gasteiger partial charge >= 0.3 is 5.97 Å². The minimum Gasteiger partial charge on any atom is -0.465 e. The average Bonchev–Trinajstić information content (AvgIpc) is 2.36. The predicted molar refractivity (Wildman–Crippen MR) is 64.6 cm³/mol. The normalized spacial score (nSPS) is 24.6. The van der Waals surface area contributed by atoms with E-state index in [0.29, 0.717) is 18.9 Å². The van der Waals surface area contributed by atoms with Gasteiger partial charge < -0.3 is 14.6 Å². The van der Waals surface area contributed by atoms with Gasteiger partial charge in [0, 0.05) is 20.3 Å². The van der Waals surface area contributed by atoms with Gasteiger partial charge in [0.15, 0.2) is 0 Å². The monoisotopic (exact) mass is 244 g/mol. The first-order chi connectivity index (χ1) is 8.27. The van der Waals surface area contributed by atoms with E-state index in [1.807, 2.05) is 0 Å². The minimum absolute atomic E-state index is 0.0567. The molecule has 1 N–H and O–H groups in total. The molecular formula is C13H24O4. The van der Waals surface area contributed by atoms with Gasteiger partial charge in [-0.3, -0.25) is 4.79 Å². The summed E-state index contributed by atoms with van der Waals surface area (Å²) < 4.78 is 10.3. The lowest BCUT2D eigenvalue weighted by atomic mass is 9.82. The van der Waals surface area contributed by atoms with Gasteiger partial charge in [-0.15, -0.1) is 0 Å². The highest BCUT2D eigenvalue weighted by Crippen LogP contribution is 2.29. The molecule has 1 saturated carbocycles. The molecule has 1 rings (SSSR count). The zero-order valence-electron chi connectivity index (χ0n) is 10.7. The van der Waals surface area contributed by atoms with E-state index in [-0.39, 0.29) is 18.5 Å². The fourth-order valence-corrected chi connectivity index (χ4v) is 2.30. The van der Waals surface area contributed by atoms with Gasteiger partial charge in [-0.05, 0) is 44.4 Å². The van der Waals surface area contributed by atoms with E-state index in [1.54, 1.807) is 7.11 Å². The van der Waals surface area contributed by atoms with E-state index in [0.717, 1.165) is 38.7 Å². The lowest BCUT2D eigenvalue weighted by Gasteiger charge is -2.26. The van der Waals surface area contributed by atoms with Gasteiger partial charge in [0.2, 0.25) is 0 Å². The second-order valence-electron chi connectivity index (χ2n) is 4.77. The number of carbonyl (C=O) groups excluding carboxylic acids is 1. The van der Waals surface area contributed by atoms with Crippen LogP contribution in [0.15, 0.2) is 0 Å². The van der Waals surface area contributed by atoms with Crippen LogP contribution in [0.2, 0.25) is 0 Å². The van der Waals surface area contributed by atoms with Gasteiger partial charge in [0.05, 0.1) is 12.5 Å². The Morgan fingerprint density at radius 3 is 2.53 bits per heavy atom. The molecule has 0 saturated heterocycles. The van der Waals surface area contributed by atoms with Crippen LogP contribution >= 0.6 is 0 Å². The van der Waals surface area contributed by atoms with Crippen molar-refractivity contribution in [3.05, 3.63) is 0 Å². The number of aliphatic hydroxyl groups excluding tert-OH is 1. The number of hydrogen-bond donors (Lipinski definition) is 1. The van der Waals surface area contributed by atoms with Gasteiger partial charge in [0.25, 0.3) is 0 Å². The van der Waals surface area contributed by atoms with Crippen LogP contribution in [0.25, 0.3) is 0 Å². The number of hydrogen-bond acceptors (Lipinski definition) is 4. The lowest BCUT2D eigenvalue weighted by Crippen LogP contribution is -2.25. The topological polar surface area (TPSA) is 55.8 Å². The van der Waals surface area contributed by atoms with Gasteiger partial charge in [0.1, 0.15) is 0 Å². The minimum atomic E-state index is -0.0567. The van der Waals surface area contributed by atoms with Crippen molar-refractivity contribution < 1.29 is 19.4 Å². The largest absolute Gasteiger partial charge is 0.465 e. The molecule has 0 aromatic heterocycles. The fourth-order valence-electron chi connectivity index (χ4n) is 2.30. The summed E-state index contributed by atoms with van der Waals surface area (Å²) in [4.78, 5) is 11.7. The van der Waals surface area contributed by atoms with Crippen LogP contribution in [0.5, 0.6) is 0 Å². The Morgan fingerprint density at radius 2 is 1.94 bits per heavy atom. The number of unbranched alkanes of at least 4 members (excludes halogenated alkanes) is 1. The molecular weight excluding hydrogens is 220 g/mol. The van der Waals surface area contributed by atoms with E-state index in [2.05, 4.69) is 0 Å². The van der Waals surface area contributed by atoms with Crippen LogP contribution in [0.1, 0.15) is 38.5 Å². The number of aliphatic hydroxyl groups is 1. The third kappa shape index (κ3) is 5.50. The molecule has 4 nitrogen and oxygen atoms in total. The molecule has 0 aliphatic heterocycles. The summed E-state index contributed by atoms with van der Waals surface area (Å²) in [7, 11) is 1.72. The molecule has 0 amide bonds. The SMILES string of the molecule is COCC1CCC(C(=O)OCCCCO)CC1. The van der Waals surface area contributed by atoms with Crippen molar-refractivity contribution in [1.82, 2.24) is 0 Å². The number of rotatable bonds is 7. The standard InChI is InChI=1S/C13H24O4/c1-16-10-11-4-6-12(7-5-11)13(15)17-9-3-2-8-14/h11-12,14H,2-10H2,1H3. The average molecular weight is 244 g/mol. The van der Waals surface area contributed by atoms with Crippen molar-refractivity contribution in [2.75, 3.05) is 26.9 Å². The Morgan fingerprint density at radius 1 is 1.24 bits per heavy atom. The summed E-state index contributed by atoms with van der Waals surface area (Å²) in [5.41, 5.74) is 0. The fraction of sp³-hybridized carbons (Fsp3) is 0.923. The number of carbonyl (C=O) groups is 1. The van der Waals surface area contributed by atoms with E-state index in [9.17, 15) is 4.79 Å². The molecule has 0 spiro atoms. The van der Waals surface area contributed by atoms with Crippen LogP contribution in [0.3, 0.4) is 0 Å². The van der Waals surface area contributed by atoms with Crippen LogP contribution in [0, 0.1) is 11.8 Å². The molecule has 0 heterocycles. The van der Waals surface area contributed by atoms with Gasteiger partial charge in [-0.1, -0.05) is 0 Å². The van der Waals surface area contributed by atoms with Crippen LogP contribution in [-0.4, -0.2) is 38.0 Å². The van der Waals surface area contributed by atoms with Crippen molar-refractivity contribution in [2.24, 2.45) is 11.8 Å². The number of esters is 1. The highest BCUT2D eigenvalue weighted by atomic mass is 16.5. The van der Waals surface area contributed by atoms with E-state index < -0.39 is 0 Å². The van der Waals surface area contributed by atoms with Crippen molar-refractivity contribution in [2.45, 2.75) is 38.5 Å². The number of methoxy groups -OCH3 is 1. The Labute approximate surface area is 103 Å². The molecule has 1 fully saturated rings. The summed E-state index contributed by atoms with van der Waals surface area (Å²) in [6, 6.07) is 0. The van der Waals surface area contributed by atoms with E-state index in [1.165, 1.54) is 0 Å². The maximum Gasteiger partial charge on any atom is 0.308 e. The summed E-state index contributed by atoms with van der Waals surface area (Å²) >= 11 is 0. The molecule has 0 aromatic carbocycles. The Hall–Kier alpha value is -0.610. The lowest BCUT2D eigenvalue weighted by molar-refractivity contribution is -0.150. The van der Waals surface area contributed by atoms with Gasteiger partial charge in [-0.25, -0.2) is 0 Å². The molecule has 17 heavy (non-hydrogen) atoms. The zero-order chi connectivity index (χ0) is 12.5. The zero-order valence-corrected chi connectivity index (χ0v) is 10.7. The molecule has 0 unspecified atom stereocenters. The first-order valence-electron chi connectivity index (χ1n) is 6.54. The highest BCUT2D eigenvalue weighted by molar-refractivity contribution is 5.72. The first kappa shape index (κ1) is 14.5. The van der Waals surface area contributed by atoms with Crippen molar-refractivity contribution in [3.8, 4) is 0 Å². The molecule has 100 valence electrons. The molecule has 0 bridgehead atoms. The smallest absolute Gasteiger partial charge is 0.308 e. The summed E-state index contributed by atoms with van der Waals surface area (Å²) in [5, 5.41) is 8.61.